The topological polar surface area (TPSA) is 98.3 Å². The van der Waals surface area contributed by atoms with Crippen molar-refractivity contribution < 1.29 is 9.53 Å². The molecule has 0 saturated carbocycles. The van der Waals surface area contributed by atoms with Crippen LogP contribution in [0.2, 0.25) is 0 Å². The van der Waals surface area contributed by atoms with Gasteiger partial charge in [-0.2, -0.15) is 15.6 Å². The summed E-state index contributed by atoms with van der Waals surface area (Å²) in [6.45, 7) is 5.94. The van der Waals surface area contributed by atoms with Crippen LogP contribution in [-0.4, -0.2) is 18.8 Å². The molecule has 0 heterocycles. The second kappa shape index (κ2) is 6.53. The normalized spacial score (nSPS) is 10.0. The van der Waals surface area contributed by atoms with Crippen molar-refractivity contribution in [3.63, 3.8) is 0 Å². The summed E-state index contributed by atoms with van der Waals surface area (Å²) in [6, 6.07) is 8.32. The smallest absolute Gasteiger partial charge is 0.337 e. The molecule has 6 nitrogen and oxygen atoms in total. The van der Waals surface area contributed by atoms with Gasteiger partial charge in [-0.15, -0.1) is 0 Å². The Labute approximate surface area is 123 Å². The van der Waals surface area contributed by atoms with Crippen LogP contribution in [0.4, 0.5) is 5.69 Å². The zero-order valence-electron chi connectivity index (χ0n) is 12.4. The largest absolute Gasteiger partial charge is 0.465 e. The number of nitriles is 2. The van der Waals surface area contributed by atoms with E-state index in [0.29, 0.717) is 11.3 Å². The molecule has 6 heteroatoms. The van der Waals surface area contributed by atoms with Gasteiger partial charge in [0.05, 0.1) is 18.4 Å². The minimum absolute atomic E-state index is 0.263. The highest BCUT2D eigenvalue weighted by atomic mass is 16.5. The number of esters is 1. The third-order valence-electron chi connectivity index (χ3n) is 2.75. The fourth-order valence-corrected chi connectivity index (χ4v) is 1.70. The van der Waals surface area contributed by atoms with Crippen LogP contribution in [0, 0.1) is 22.7 Å². The fraction of sp³-hybridized carbons (Fsp3) is 0.333. The van der Waals surface area contributed by atoms with E-state index in [0.717, 1.165) is 5.56 Å². The summed E-state index contributed by atoms with van der Waals surface area (Å²) in [4.78, 5) is 11.6. The lowest BCUT2D eigenvalue weighted by Gasteiger charge is -2.23. The van der Waals surface area contributed by atoms with Crippen LogP contribution in [0.15, 0.2) is 23.3 Å². The Bertz CT molecular complexity index is 642. The molecule has 0 aliphatic rings. The molecule has 0 aliphatic carbocycles. The van der Waals surface area contributed by atoms with Crippen molar-refractivity contribution in [3.8, 4) is 12.1 Å². The van der Waals surface area contributed by atoms with Gasteiger partial charge in [0.25, 0.3) is 0 Å². The summed E-state index contributed by atoms with van der Waals surface area (Å²) in [5.74, 6) is -0.426. The van der Waals surface area contributed by atoms with Crippen molar-refractivity contribution in [2.45, 2.75) is 26.2 Å². The van der Waals surface area contributed by atoms with E-state index < -0.39 is 5.97 Å². The first-order chi connectivity index (χ1) is 9.83. The summed E-state index contributed by atoms with van der Waals surface area (Å²) >= 11 is 0. The predicted octanol–water partition coefficient (Wildman–Crippen LogP) is 2.59. The Morgan fingerprint density at radius 1 is 1.29 bits per heavy atom. The molecule has 0 spiro atoms. The van der Waals surface area contributed by atoms with Crippen LogP contribution in [-0.2, 0) is 10.2 Å². The van der Waals surface area contributed by atoms with Gasteiger partial charge in [-0.3, -0.25) is 5.43 Å². The minimum atomic E-state index is -0.426. The van der Waals surface area contributed by atoms with Gasteiger partial charge in [0.2, 0.25) is 5.71 Å². The Hall–Kier alpha value is -2.86. The SMILES string of the molecule is COC(=O)c1ccc(NN=C(C#N)C#N)c(C(C)(C)C)c1. The average Bonchev–Trinajstić information content (AvgIpc) is 2.46. The highest BCUT2D eigenvalue weighted by Crippen LogP contribution is 2.30. The number of benzene rings is 1. The molecule has 1 aromatic carbocycles. The lowest BCUT2D eigenvalue weighted by molar-refractivity contribution is 0.0600. The quantitative estimate of drug-likeness (QED) is 0.522. The van der Waals surface area contributed by atoms with E-state index in [-0.39, 0.29) is 11.1 Å². The molecule has 1 rings (SSSR count). The number of carbonyl (C=O) groups is 1. The molecular formula is C15H16N4O2. The van der Waals surface area contributed by atoms with E-state index in [1.165, 1.54) is 7.11 Å². The highest BCUT2D eigenvalue weighted by molar-refractivity contribution is 6.10. The molecule has 0 unspecified atom stereocenters. The van der Waals surface area contributed by atoms with Crippen LogP contribution in [0.5, 0.6) is 0 Å². The van der Waals surface area contributed by atoms with Gasteiger partial charge in [-0.1, -0.05) is 20.8 Å². The monoisotopic (exact) mass is 284 g/mol. The van der Waals surface area contributed by atoms with E-state index in [9.17, 15) is 4.79 Å². The Morgan fingerprint density at radius 3 is 2.38 bits per heavy atom. The molecule has 0 radical (unpaired) electrons. The maximum atomic E-state index is 11.6. The molecule has 0 atom stereocenters. The molecule has 0 bridgehead atoms. The molecule has 0 saturated heterocycles. The molecule has 0 aromatic heterocycles. The zero-order valence-corrected chi connectivity index (χ0v) is 12.4. The number of nitrogens with one attached hydrogen (secondary N) is 1. The van der Waals surface area contributed by atoms with Crippen molar-refractivity contribution >= 4 is 17.4 Å². The summed E-state index contributed by atoms with van der Waals surface area (Å²) in [5.41, 5.74) is 4.04. The van der Waals surface area contributed by atoms with Crippen molar-refractivity contribution in [1.29, 1.82) is 10.5 Å². The number of ether oxygens (including phenoxy) is 1. The van der Waals surface area contributed by atoms with Crippen LogP contribution < -0.4 is 5.43 Å². The van der Waals surface area contributed by atoms with Crippen molar-refractivity contribution in [2.75, 3.05) is 12.5 Å². The van der Waals surface area contributed by atoms with E-state index in [1.54, 1.807) is 30.3 Å². The Morgan fingerprint density at radius 2 is 1.90 bits per heavy atom. The third-order valence-corrected chi connectivity index (χ3v) is 2.75. The number of rotatable bonds is 3. The second-order valence-corrected chi connectivity index (χ2v) is 5.30. The first-order valence-corrected chi connectivity index (χ1v) is 6.20. The van der Waals surface area contributed by atoms with Crippen LogP contribution in [0.3, 0.4) is 0 Å². The van der Waals surface area contributed by atoms with Gasteiger partial charge >= 0.3 is 5.97 Å². The first-order valence-electron chi connectivity index (χ1n) is 6.20. The molecular weight excluding hydrogens is 268 g/mol. The van der Waals surface area contributed by atoms with Crippen molar-refractivity contribution in [3.05, 3.63) is 29.3 Å². The third kappa shape index (κ3) is 4.05. The number of hydrazone groups is 1. The standard InChI is InChI=1S/C15H16N4O2/c1-15(2,3)12-7-10(14(20)21-4)5-6-13(12)19-18-11(8-16)9-17/h5-7,19H,1-4H3. The lowest BCUT2D eigenvalue weighted by Crippen LogP contribution is -2.15. The second-order valence-electron chi connectivity index (χ2n) is 5.30. The summed E-state index contributed by atoms with van der Waals surface area (Å²) in [5, 5.41) is 21.1. The minimum Gasteiger partial charge on any atom is -0.465 e. The maximum absolute atomic E-state index is 11.6. The van der Waals surface area contributed by atoms with Crippen molar-refractivity contribution in [1.82, 2.24) is 0 Å². The summed E-state index contributed by atoms with van der Waals surface area (Å²) < 4.78 is 4.70. The lowest BCUT2D eigenvalue weighted by atomic mass is 9.85. The zero-order chi connectivity index (χ0) is 16.0. The van der Waals surface area contributed by atoms with Crippen molar-refractivity contribution in [2.24, 2.45) is 5.10 Å². The molecule has 108 valence electrons. The molecule has 21 heavy (non-hydrogen) atoms. The van der Waals surface area contributed by atoms with Gasteiger partial charge in [0.1, 0.15) is 12.1 Å². The molecule has 0 fully saturated rings. The van der Waals surface area contributed by atoms with Crippen LogP contribution in [0.1, 0.15) is 36.7 Å². The van der Waals surface area contributed by atoms with E-state index in [2.05, 4.69) is 10.5 Å². The average molecular weight is 284 g/mol. The molecule has 1 N–H and O–H groups in total. The van der Waals surface area contributed by atoms with Gasteiger partial charge in [0, 0.05) is 0 Å². The Kier molecular flexibility index (Phi) is 5.04. The van der Waals surface area contributed by atoms with E-state index in [4.69, 9.17) is 15.3 Å². The maximum Gasteiger partial charge on any atom is 0.337 e. The van der Waals surface area contributed by atoms with E-state index >= 15 is 0 Å². The molecule has 0 aliphatic heterocycles. The van der Waals surface area contributed by atoms with Crippen LogP contribution >= 0.6 is 0 Å². The van der Waals surface area contributed by atoms with E-state index in [1.807, 2.05) is 20.8 Å². The predicted molar refractivity (Wildman–Crippen MR) is 78.8 cm³/mol. The number of methoxy groups -OCH3 is 1. The summed E-state index contributed by atoms with van der Waals surface area (Å²) in [7, 11) is 1.32. The van der Waals surface area contributed by atoms with Crippen LogP contribution in [0.25, 0.3) is 0 Å². The van der Waals surface area contributed by atoms with Gasteiger partial charge in [-0.25, -0.2) is 4.79 Å². The molecule has 0 amide bonds. The first kappa shape index (κ1) is 16.2. The van der Waals surface area contributed by atoms with Gasteiger partial charge in [-0.05, 0) is 29.2 Å². The number of nitrogens with zero attached hydrogens (tertiary/aromatic N) is 3. The number of hydrogen-bond acceptors (Lipinski definition) is 6. The highest BCUT2D eigenvalue weighted by Gasteiger charge is 2.20. The van der Waals surface area contributed by atoms with Gasteiger partial charge in [0.15, 0.2) is 0 Å². The number of carbonyl (C=O) groups excluding carboxylic acids is 1. The fourth-order valence-electron chi connectivity index (χ4n) is 1.70. The van der Waals surface area contributed by atoms with Gasteiger partial charge < -0.3 is 4.74 Å². The number of anilines is 1. The summed E-state index contributed by atoms with van der Waals surface area (Å²) in [6.07, 6.45) is 0. The Balaban J connectivity index is 3.28. The number of hydrogen-bond donors (Lipinski definition) is 1. The molecule has 1 aromatic rings.